The maximum absolute atomic E-state index is 13.8. The monoisotopic (exact) mass is 291 g/mol. The van der Waals surface area contributed by atoms with E-state index in [9.17, 15) is 8.78 Å². The van der Waals surface area contributed by atoms with E-state index in [0.717, 1.165) is 36.8 Å². The zero-order valence-electron chi connectivity index (χ0n) is 12.1. The Kier molecular flexibility index (Phi) is 3.76. The van der Waals surface area contributed by atoms with Crippen molar-refractivity contribution in [3.63, 3.8) is 0 Å². The van der Waals surface area contributed by atoms with Gasteiger partial charge in [-0.15, -0.1) is 0 Å². The molecular formula is C16H19F2N3. The molecule has 0 fully saturated rings. The van der Waals surface area contributed by atoms with E-state index >= 15 is 0 Å². The van der Waals surface area contributed by atoms with Gasteiger partial charge in [0.2, 0.25) is 0 Å². The molecule has 0 aliphatic heterocycles. The minimum atomic E-state index is -0.589. The average molecular weight is 291 g/mol. The second-order valence-electron chi connectivity index (χ2n) is 5.64. The van der Waals surface area contributed by atoms with Crippen molar-refractivity contribution < 1.29 is 8.78 Å². The van der Waals surface area contributed by atoms with Crippen LogP contribution in [0.3, 0.4) is 0 Å². The maximum Gasteiger partial charge on any atom is 0.130 e. The van der Waals surface area contributed by atoms with Crippen molar-refractivity contribution in [2.45, 2.75) is 45.2 Å². The number of hydrogen-bond donors (Lipinski definition) is 1. The normalized spacial score (nSPS) is 15.8. The third kappa shape index (κ3) is 2.70. The lowest BCUT2D eigenvalue weighted by molar-refractivity contribution is 0.501. The molecule has 1 aliphatic rings. The van der Waals surface area contributed by atoms with E-state index in [1.54, 1.807) is 0 Å². The summed E-state index contributed by atoms with van der Waals surface area (Å²) in [7, 11) is 0. The molecule has 1 aromatic heterocycles. The number of benzene rings is 1. The fourth-order valence-electron chi connectivity index (χ4n) is 3.08. The molecule has 0 amide bonds. The SMILES string of the molecule is Cc1nc2c(n1CC(N)c1ccc(F)cc1F)CCCC2. The molecule has 0 radical (unpaired) electrons. The molecule has 5 heteroatoms. The fraction of sp³-hybridized carbons (Fsp3) is 0.438. The van der Waals surface area contributed by atoms with Crippen molar-refractivity contribution in [1.29, 1.82) is 0 Å². The van der Waals surface area contributed by atoms with Gasteiger partial charge >= 0.3 is 0 Å². The summed E-state index contributed by atoms with van der Waals surface area (Å²) in [5.41, 5.74) is 8.83. The maximum atomic E-state index is 13.8. The van der Waals surface area contributed by atoms with E-state index in [-0.39, 0.29) is 0 Å². The van der Waals surface area contributed by atoms with Crippen LogP contribution in [0.2, 0.25) is 0 Å². The number of nitrogens with zero attached hydrogens (tertiary/aromatic N) is 2. The van der Waals surface area contributed by atoms with Gasteiger partial charge in [-0.25, -0.2) is 13.8 Å². The van der Waals surface area contributed by atoms with Crippen LogP contribution in [0.1, 0.15) is 41.7 Å². The van der Waals surface area contributed by atoms with Gasteiger partial charge < -0.3 is 10.3 Å². The van der Waals surface area contributed by atoms with Gasteiger partial charge in [-0.1, -0.05) is 6.07 Å². The number of halogens is 2. The van der Waals surface area contributed by atoms with Crippen molar-refractivity contribution in [3.05, 3.63) is 52.6 Å². The molecule has 21 heavy (non-hydrogen) atoms. The molecule has 2 aromatic rings. The summed E-state index contributed by atoms with van der Waals surface area (Å²) >= 11 is 0. The highest BCUT2D eigenvalue weighted by Gasteiger charge is 2.21. The highest BCUT2D eigenvalue weighted by Crippen LogP contribution is 2.25. The van der Waals surface area contributed by atoms with Crippen LogP contribution in [-0.2, 0) is 19.4 Å². The quantitative estimate of drug-likeness (QED) is 0.944. The Balaban J connectivity index is 1.88. The van der Waals surface area contributed by atoms with Crippen molar-refractivity contribution in [2.75, 3.05) is 0 Å². The largest absolute Gasteiger partial charge is 0.330 e. The van der Waals surface area contributed by atoms with Gasteiger partial charge in [-0.2, -0.15) is 0 Å². The predicted octanol–water partition coefficient (Wildman–Crippen LogP) is 3.05. The van der Waals surface area contributed by atoms with Crippen LogP contribution < -0.4 is 5.73 Å². The minimum absolute atomic E-state index is 0.342. The lowest BCUT2D eigenvalue weighted by Crippen LogP contribution is -2.21. The van der Waals surface area contributed by atoms with Crippen LogP contribution in [0.15, 0.2) is 18.2 Å². The summed E-state index contributed by atoms with van der Waals surface area (Å²) < 4.78 is 28.9. The Morgan fingerprint density at radius 2 is 2.05 bits per heavy atom. The molecule has 1 atom stereocenters. The number of rotatable bonds is 3. The van der Waals surface area contributed by atoms with E-state index in [1.165, 1.54) is 24.2 Å². The van der Waals surface area contributed by atoms with E-state index in [4.69, 9.17) is 5.73 Å². The molecule has 3 rings (SSSR count). The van der Waals surface area contributed by atoms with Crippen molar-refractivity contribution >= 4 is 0 Å². The first-order valence-corrected chi connectivity index (χ1v) is 7.31. The van der Waals surface area contributed by atoms with Crippen molar-refractivity contribution in [2.24, 2.45) is 5.73 Å². The van der Waals surface area contributed by atoms with Crippen LogP contribution in [-0.4, -0.2) is 9.55 Å². The first-order chi connectivity index (χ1) is 10.1. The van der Waals surface area contributed by atoms with Crippen LogP contribution in [0.4, 0.5) is 8.78 Å². The summed E-state index contributed by atoms with van der Waals surface area (Å²) in [5, 5.41) is 0. The third-order valence-electron chi connectivity index (χ3n) is 4.16. The molecule has 1 aromatic carbocycles. The fourth-order valence-corrected chi connectivity index (χ4v) is 3.08. The second kappa shape index (κ2) is 5.56. The molecule has 1 unspecified atom stereocenters. The van der Waals surface area contributed by atoms with E-state index in [2.05, 4.69) is 9.55 Å². The molecular weight excluding hydrogens is 272 g/mol. The highest BCUT2D eigenvalue weighted by molar-refractivity contribution is 5.24. The lowest BCUT2D eigenvalue weighted by atomic mass is 10.0. The summed E-state index contributed by atoms with van der Waals surface area (Å²) in [6.07, 6.45) is 4.32. The third-order valence-corrected chi connectivity index (χ3v) is 4.16. The van der Waals surface area contributed by atoms with Gasteiger partial charge in [-0.05, 0) is 38.7 Å². The summed E-state index contributed by atoms with van der Waals surface area (Å²) in [5.74, 6) is -0.256. The zero-order chi connectivity index (χ0) is 15.0. The van der Waals surface area contributed by atoms with E-state index in [1.807, 2.05) is 6.92 Å². The highest BCUT2D eigenvalue weighted by atomic mass is 19.1. The van der Waals surface area contributed by atoms with Gasteiger partial charge in [0.1, 0.15) is 17.5 Å². The van der Waals surface area contributed by atoms with Crippen molar-refractivity contribution in [3.8, 4) is 0 Å². The summed E-state index contributed by atoms with van der Waals surface area (Å²) in [6, 6.07) is 3.04. The Morgan fingerprint density at radius 3 is 2.81 bits per heavy atom. The standard InChI is InChI=1S/C16H19F2N3/c1-10-20-15-4-2-3-5-16(15)21(10)9-14(19)12-7-6-11(17)8-13(12)18/h6-8,14H,2-5,9,19H2,1H3. The minimum Gasteiger partial charge on any atom is -0.330 e. The Morgan fingerprint density at radius 1 is 1.29 bits per heavy atom. The molecule has 3 nitrogen and oxygen atoms in total. The molecule has 1 heterocycles. The molecule has 2 N–H and O–H groups in total. The van der Waals surface area contributed by atoms with Gasteiger partial charge in [0.25, 0.3) is 0 Å². The summed E-state index contributed by atoms with van der Waals surface area (Å²) in [4.78, 5) is 4.59. The molecule has 1 aliphatic carbocycles. The van der Waals surface area contributed by atoms with Gasteiger partial charge in [0.05, 0.1) is 11.7 Å². The van der Waals surface area contributed by atoms with Gasteiger partial charge in [0, 0.05) is 23.9 Å². The number of hydrogen-bond acceptors (Lipinski definition) is 2. The van der Waals surface area contributed by atoms with Crippen molar-refractivity contribution in [1.82, 2.24) is 9.55 Å². The van der Waals surface area contributed by atoms with Crippen LogP contribution in [0.5, 0.6) is 0 Å². The van der Waals surface area contributed by atoms with Gasteiger partial charge in [0.15, 0.2) is 0 Å². The smallest absolute Gasteiger partial charge is 0.130 e. The number of aryl methyl sites for hydroxylation is 2. The van der Waals surface area contributed by atoms with Crippen LogP contribution >= 0.6 is 0 Å². The topological polar surface area (TPSA) is 43.8 Å². The Labute approximate surface area is 122 Å². The predicted molar refractivity (Wildman–Crippen MR) is 76.9 cm³/mol. The Hall–Kier alpha value is -1.75. The van der Waals surface area contributed by atoms with Gasteiger partial charge in [-0.3, -0.25) is 0 Å². The second-order valence-corrected chi connectivity index (χ2v) is 5.64. The van der Waals surface area contributed by atoms with E-state index in [0.29, 0.717) is 12.1 Å². The molecule has 0 bridgehead atoms. The number of nitrogens with two attached hydrogens (primary N) is 1. The number of aromatic nitrogens is 2. The molecule has 0 saturated carbocycles. The zero-order valence-corrected chi connectivity index (χ0v) is 12.1. The first-order valence-electron chi connectivity index (χ1n) is 7.31. The summed E-state index contributed by atoms with van der Waals surface area (Å²) in [6.45, 7) is 2.42. The number of imidazole rings is 1. The first kappa shape index (κ1) is 14.2. The lowest BCUT2D eigenvalue weighted by Gasteiger charge is -2.19. The van der Waals surface area contributed by atoms with Crippen LogP contribution in [0.25, 0.3) is 0 Å². The Bertz CT molecular complexity index is 664. The molecule has 0 saturated heterocycles. The molecule has 112 valence electrons. The molecule has 0 spiro atoms. The van der Waals surface area contributed by atoms with Crippen LogP contribution in [0, 0.1) is 18.6 Å². The number of fused-ring (bicyclic) bond motifs is 1. The van der Waals surface area contributed by atoms with E-state index < -0.39 is 17.7 Å². The average Bonchev–Trinajstić information content (AvgIpc) is 2.75.